The van der Waals surface area contributed by atoms with Crippen molar-refractivity contribution in [3.8, 4) is 0 Å². The van der Waals surface area contributed by atoms with E-state index in [1.807, 2.05) is 0 Å². The first-order valence-corrected chi connectivity index (χ1v) is 5.19. The van der Waals surface area contributed by atoms with Crippen LogP contribution in [0.4, 0.5) is 0 Å². The van der Waals surface area contributed by atoms with Gasteiger partial charge in [0.05, 0.1) is 13.2 Å². The molecule has 0 aliphatic rings. The Morgan fingerprint density at radius 3 is 2.06 bits per heavy atom. The van der Waals surface area contributed by atoms with Gasteiger partial charge >= 0.3 is 11.9 Å². The van der Waals surface area contributed by atoms with E-state index in [4.69, 9.17) is 4.74 Å². The average Bonchev–Trinajstić information content (AvgIpc) is 2.18. The Balaban J connectivity index is 4.54. The molecule has 1 N–H and O–H groups in total. The van der Waals surface area contributed by atoms with Gasteiger partial charge in [0.1, 0.15) is 6.42 Å². The van der Waals surface area contributed by atoms with Crippen molar-refractivity contribution in [1.82, 2.24) is 0 Å². The van der Waals surface area contributed by atoms with Crippen LogP contribution >= 0.6 is 0 Å². The van der Waals surface area contributed by atoms with E-state index < -0.39 is 24.1 Å². The molecule has 6 nitrogen and oxygen atoms in total. The van der Waals surface area contributed by atoms with E-state index >= 15 is 0 Å². The van der Waals surface area contributed by atoms with Crippen LogP contribution in [0.1, 0.15) is 27.2 Å². The minimum Gasteiger partial charge on any atom is -0.466 e. The predicted molar refractivity (Wildman–Crippen MR) is 54.5 cm³/mol. The normalized spacial score (nSPS) is 14.0. The van der Waals surface area contributed by atoms with Crippen molar-refractivity contribution in [3.05, 3.63) is 0 Å². The maximum absolute atomic E-state index is 11.4. The van der Waals surface area contributed by atoms with Crippen molar-refractivity contribution < 1.29 is 28.9 Å². The lowest BCUT2D eigenvalue weighted by Crippen LogP contribution is -2.45. The van der Waals surface area contributed by atoms with E-state index in [1.54, 1.807) is 20.8 Å². The standard InChI is InChI=1S/C10H18O6/c1-4-14-8(11)7-10(13,16-6-3)9(12)15-5-2/h13H,4-7H2,1-3H3. The summed E-state index contributed by atoms with van der Waals surface area (Å²) in [7, 11) is 0. The van der Waals surface area contributed by atoms with Gasteiger partial charge in [-0.15, -0.1) is 0 Å². The first-order chi connectivity index (χ1) is 7.50. The molecule has 0 aromatic rings. The topological polar surface area (TPSA) is 82.1 Å². The first-order valence-electron chi connectivity index (χ1n) is 5.19. The summed E-state index contributed by atoms with van der Waals surface area (Å²) in [4.78, 5) is 22.6. The predicted octanol–water partition coefficient (Wildman–Crippen LogP) is 0.228. The third kappa shape index (κ3) is 4.59. The van der Waals surface area contributed by atoms with Crippen LogP contribution in [0.2, 0.25) is 0 Å². The molecule has 0 saturated carbocycles. The maximum atomic E-state index is 11.4. The minimum absolute atomic E-state index is 0.0781. The molecule has 1 unspecified atom stereocenters. The molecule has 0 radical (unpaired) electrons. The highest BCUT2D eigenvalue weighted by atomic mass is 16.7. The lowest BCUT2D eigenvalue weighted by atomic mass is 10.2. The molecule has 0 fully saturated rings. The van der Waals surface area contributed by atoms with Gasteiger partial charge in [0, 0.05) is 6.61 Å². The Hall–Kier alpha value is -1.14. The van der Waals surface area contributed by atoms with Crippen LogP contribution in [0.15, 0.2) is 0 Å². The van der Waals surface area contributed by atoms with Crippen molar-refractivity contribution in [2.24, 2.45) is 0 Å². The van der Waals surface area contributed by atoms with Crippen LogP contribution in [0.25, 0.3) is 0 Å². The van der Waals surface area contributed by atoms with Crippen molar-refractivity contribution in [2.75, 3.05) is 19.8 Å². The van der Waals surface area contributed by atoms with Gasteiger partial charge in [-0.05, 0) is 20.8 Å². The first kappa shape index (κ1) is 14.9. The average molecular weight is 234 g/mol. The Morgan fingerprint density at radius 1 is 1.06 bits per heavy atom. The summed E-state index contributed by atoms with van der Waals surface area (Å²) in [6, 6.07) is 0. The highest BCUT2D eigenvalue weighted by Crippen LogP contribution is 2.15. The Labute approximate surface area is 94.5 Å². The molecule has 0 aromatic heterocycles. The third-order valence-electron chi connectivity index (χ3n) is 1.67. The Bertz CT molecular complexity index is 239. The van der Waals surface area contributed by atoms with Crippen molar-refractivity contribution >= 4 is 11.9 Å². The molecule has 94 valence electrons. The molecule has 0 heterocycles. The lowest BCUT2D eigenvalue weighted by molar-refractivity contribution is -0.231. The van der Waals surface area contributed by atoms with E-state index in [9.17, 15) is 14.7 Å². The number of aliphatic hydroxyl groups is 1. The molecule has 1 atom stereocenters. The highest BCUT2D eigenvalue weighted by molar-refractivity contribution is 5.84. The van der Waals surface area contributed by atoms with Gasteiger partial charge in [0.2, 0.25) is 0 Å². The molecule has 0 aliphatic carbocycles. The van der Waals surface area contributed by atoms with Crippen LogP contribution in [-0.2, 0) is 23.8 Å². The van der Waals surface area contributed by atoms with Gasteiger partial charge in [-0.1, -0.05) is 0 Å². The minimum atomic E-state index is -2.25. The molecular formula is C10H18O6. The largest absolute Gasteiger partial charge is 0.466 e. The number of carbonyl (C=O) groups excluding carboxylic acids is 2. The van der Waals surface area contributed by atoms with Crippen LogP contribution in [-0.4, -0.2) is 42.7 Å². The molecule has 0 amide bonds. The van der Waals surface area contributed by atoms with Gasteiger partial charge < -0.3 is 19.3 Å². The monoisotopic (exact) mass is 234 g/mol. The Morgan fingerprint density at radius 2 is 1.62 bits per heavy atom. The molecule has 0 bridgehead atoms. The van der Waals surface area contributed by atoms with Crippen LogP contribution < -0.4 is 0 Å². The highest BCUT2D eigenvalue weighted by Gasteiger charge is 2.41. The van der Waals surface area contributed by atoms with Gasteiger partial charge in [-0.25, -0.2) is 4.79 Å². The van der Waals surface area contributed by atoms with Crippen molar-refractivity contribution in [3.63, 3.8) is 0 Å². The van der Waals surface area contributed by atoms with E-state index in [0.717, 1.165) is 0 Å². The lowest BCUT2D eigenvalue weighted by Gasteiger charge is -2.24. The van der Waals surface area contributed by atoms with Crippen LogP contribution in [0, 0.1) is 0 Å². The summed E-state index contributed by atoms with van der Waals surface area (Å²) in [5.41, 5.74) is 0. The maximum Gasteiger partial charge on any atom is 0.367 e. The van der Waals surface area contributed by atoms with E-state index in [-0.39, 0.29) is 19.8 Å². The molecule has 6 heteroatoms. The molecule has 0 aromatic carbocycles. The molecule has 0 aliphatic heterocycles. The summed E-state index contributed by atoms with van der Waals surface area (Å²) in [6.45, 7) is 5.15. The van der Waals surface area contributed by atoms with E-state index in [2.05, 4.69) is 9.47 Å². The van der Waals surface area contributed by atoms with Gasteiger partial charge in [-0.2, -0.15) is 0 Å². The molecule has 0 saturated heterocycles. The smallest absolute Gasteiger partial charge is 0.367 e. The summed E-state index contributed by atoms with van der Waals surface area (Å²) >= 11 is 0. The number of hydrogen-bond donors (Lipinski definition) is 1. The third-order valence-corrected chi connectivity index (χ3v) is 1.67. The summed E-state index contributed by atoms with van der Waals surface area (Å²) in [6.07, 6.45) is -0.576. The van der Waals surface area contributed by atoms with E-state index in [0.29, 0.717) is 0 Å². The van der Waals surface area contributed by atoms with Crippen LogP contribution in [0.5, 0.6) is 0 Å². The summed E-state index contributed by atoms with van der Waals surface area (Å²) in [5.74, 6) is -3.95. The second-order valence-corrected chi connectivity index (χ2v) is 2.92. The second kappa shape index (κ2) is 7.19. The number of esters is 2. The zero-order valence-corrected chi connectivity index (χ0v) is 9.82. The molecule has 16 heavy (non-hydrogen) atoms. The Kier molecular flexibility index (Phi) is 6.67. The summed E-state index contributed by atoms with van der Waals surface area (Å²) in [5, 5.41) is 9.81. The zero-order valence-electron chi connectivity index (χ0n) is 9.82. The quantitative estimate of drug-likeness (QED) is 0.501. The van der Waals surface area contributed by atoms with Crippen molar-refractivity contribution in [2.45, 2.75) is 33.0 Å². The summed E-state index contributed by atoms with van der Waals surface area (Å²) < 4.78 is 14.1. The molecular weight excluding hydrogens is 216 g/mol. The zero-order chi connectivity index (χ0) is 12.6. The van der Waals surface area contributed by atoms with Gasteiger partial charge in [0.15, 0.2) is 0 Å². The fourth-order valence-electron chi connectivity index (χ4n) is 1.07. The van der Waals surface area contributed by atoms with Crippen molar-refractivity contribution in [1.29, 1.82) is 0 Å². The van der Waals surface area contributed by atoms with E-state index in [1.165, 1.54) is 0 Å². The molecule has 0 rings (SSSR count). The SMILES string of the molecule is CCOC(=O)CC(O)(OCC)C(=O)OCC. The fourth-order valence-corrected chi connectivity index (χ4v) is 1.07. The second-order valence-electron chi connectivity index (χ2n) is 2.92. The number of carbonyl (C=O) groups is 2. The molecule has 0 spiro atoms. The van der Waals surface area contributed by atoms with Gasteiger partial charge in [-0.3, -0.25) is 4.79 Å². The van der Waals surface area contributed by atoms with Crippen LogP contribution in [0.3, 0.4) is 0 Å². The van der Waals surface area contributed by atoms with Gasteiger partial charge in [0.25, 0.3) is 5.79 Å². The number of rotatable bonds is 7. The number of hydrogen-bond acceptors (Lipinski definition) is 6. The number of ether oxygens (including phenoxy) is 3. The fraction of sp³-hybridized carbons (Fsp3) is 0.800.